The Morgan fingerprint density at radius 3 is 1.51 bits per heavy atom. The average molecular weight is 567 g/mol. The number of nitro benzene ring substituents is 1. The fraction of sp³-hybridized carbons (Fsp3) is 0.647. The SMILES string of the molecule is CCCCCCCCCCCCCCCCCCOCCN(CC)c1ccc(N=Nc2ccc([N+](=O)[O-])cc2)cc1. The van der Waals surface area contributed by atoms with Crippen LogP contribution in [0.4, 0.5) is 22.7 Å². The van der Waals surface area contributed by atoms with Gasteiger partial charge >= 0.3 is 0 Å². The van der Waals surface area contributed by atoms with Gasteiger partial charge in [0.25, 0.3) is 5.69 Å². The number of ether oxygens (including phenoxy) is 1. The fourth-order valence-corrected chi connectivity index (χ4v) is 4.99. The Kier molecular flexibility index (Phi) is 19.2. The first kappa shape index (κ1) is 34.4. The first-order valence-electron chi connectivity index (χ1n) is 16.2. The number of hydrogen-bond donors (Lipinski definition) is 0. The summed E-state index contributed by atoms with van der Waals surface area (Å²) in [5, 5.41) is 19.2. The molecule has 7 nitrogen and oxygen atoms in total. The van der Waals surface area contributed by atoms with Crippen molar-refractivity contribution in [3.05, 3.63) is 58.6 Å². The van der Waals surface area contributed by atoms with E-state index >= 15 is 0 Å². The van der Waals surface area contributed by atoms with Crippen molar-refractivity contribution in [2.24, 2.45) is 10.2 Å². The lowest BCUT2D eigenvalue weighted by Crippen LogP contribution is -2.27. The number of hydrogen-bond acceptors (Lipinski definition) is 6. The Hall–Kier alpha value is -2.80. The predicted octanol–water partition coefficient (Wildman–Crippen LogP) is 11.1. The summed E-state index contributed by atoms with van der Waals surface area (Å²) in [4.78, 5) is 12.6. The van der Waals surface area contributed by atoms with Crippen molar-refractivity contribution >= 4 is 22.7 Å². The molecule has 0 atom stereocenters. The van der Waals surface area contributed by atoms with Crippen molar-refractivity contribution in [1.82, 2.24) is 0 Å². The van der Waals surface area contributed by atoms with E-state index in [1.807, 2.05) is 24.3 Å². The molecule has 0 amide bonds. The van der Waals surface area contributed by atoms with Crippen LogP contribution < -0.4 is 4.90 Å². The van der Waals surface area contributed by atoms with Gasteiger partial charge in [0, 0.05) is 37.5 Å². The maximum absolute atomic E-state index is 10.8. The van der Waals surface area contributed by atoms with Crippen LogP contribution in [-0.2, 0) is 4.74 Å². The molecular formula is C34H54N4O3. The third-order valence-corrected chi connectivity index (χ3v) is 7.59. The summed E-state index contributed by atoms with van der Waals surface area (Å²) in [6.07, 6.45) is 22.1. The molecule has 0 fully saturated rings. The monoisotopic (exact) mass is 566 g/mol. The van der Waals surface area contributed by atoms with Crippen molar-refractivity contribution in [1.29, 1.82) is 0 Å². The molecule has 0 aliphatic heterocycles. The maximum atomic E-state index is 10.8. The molecule has 2 rings (SSSR count). The lowest BCUT2D eigenvalue weighted by Gasteiger charge is -2.23. The smallest absolute Gasteiger partial charge is 0.269 e. The highest BCUT2D eigenvalue weighted by Gasteiger charge is 2.05. The highest BCUT2D eigenvalue weighted by atomic mass is 16.6. The minimum atomic E-state index is -0.425. The summed E-state index contributed by atoms with van der Waals surface area (Å²) in [7, 11) is 0. The molecule has 41 heavy (non-hydrogen) atoms. The minimum Gasteiger partial charge on any atom is -0.380 e. The lowest BCUT2D eigenvalue weighted by atomic mass is 10.0. The number of non-ortho nitro benzene ring substituents is 1. The topological polar surface area (TPSA) is 80.3 Å². The van der Waals surface area contributed by atoms with Gasteiger partial charge in [-0.1, -0.05) is 103 Å². The lowest BCUT2D eigenvalue weighted by molar-refractivity contribution is -0.384. The van der Waals surface area contributed by atoms with Gasteiger partial charge in [-0.3, -0.25) is 10.1 Å². The fourth-order valence-electron chi connectivity index (χ4n) is 4.99. The Morgan fingerprint density at radius 2 is 1.07 bits per heavy atom. The van der Waals surface area contributed by atoms with Crippen molar-refractivity contribution in [2.45, 2.75) is 117 Å². The Labute approximate surface area is 248 Å². The van der Waals surface area contributed by atoms with E-state index < -0.39 is 4.92 Å². The predicted molar refractivity (Wildman–Crippen MR) is 172 cm³/mol. The van der Waals surface area contributed by atoms with Crippen LogP contribution >= 0.6 is 0 Å². The van der Waals surface area contributed by atoms with Gasteiger partial charge in [-0.05, 0) is 49.7 Å². The molecule has 0 N–H and O–H groups in total. The summed E-state index contributed by atoms with van der Waals surface area (Å²) in [6.45, 7) is 7.78. The summed E-state index contributed by atoms with van der Waals surface area (Å²) < 4.78 is 5.92. The quantitative estimate of drug-likeness (QED) is 0.0518. The molecule has 2 aromatic carbocycles. The molecule has 0 spiro atoms. The summed E-state index contributed by atoms with van der Waals surface area (Å²) in [5.74, 6) is 0. The van der Waals surface area contributed by atoms with Crippen LogP contribution in [-0.4, -0.2) is 31.2 Å². The van der Waals surface area contributed by atoms with Gasteiger partial charge in [-0.15, -0.1) is 0 Å². The van der Waals surface area contributed by atoms with E-state index in [9.17, 15) is 10.1 Å². The normalized spacial score (nSPS) is 11.4. The Morgan fingerprint density at radius 1 is 0.634 bits per heavy atom. The van der Waals surface area contributed by atoms with Crippen molar-refractivity contribution in [3.8, 4) is 0 Å². The van der Waals surface area contributed by atoms with E-state index in [0.717, 1.165) is 44.1 Å². The molecular weight excluding hydrogens is 512 g/mol. The van der Waals surface area contributed by atoms with Gasteiger partial charge < -0.3 is 9.64 Å². The van der Waals surface area contributed by atoms with E-state index in [1.54, 1.807) is 12.1 Å². The molecule has 0 aliphatic carbocycles. The first-order valence-corrected chi connectivity index (χ1v) is 16.2. The van der Waals surface area contributed by atoms with Crippen molar-refractivity contribution in [3.63, 3.8) is 0 Å². The molecule has 2 aromatic rings. The van der Waals surface area contributed by atoms with Crippen LogP contribution in [0.15, 0.2) is 58.8 Å². The Balaban J connectivity index is 1.46. The van der Waals surface area contributed by atoms with Gasteiger partial charge in [-0.2, -0.15) is 10.2 Å². The number of unbranched alkanes of at least 4 members (excludes halogenated alkanes) is 15. The highest BCUT2D eigenvalue weighted by molar-refractivity contribution is 5.53. The van der Waals surface area contributed by atoms with Crippen LogP contribution in [0, 0.1) is 10.1 Å². The number of nitrogens with zero attached hydrogens (tertiary/aromatic N) is 4. The second-order valence-corrected chi connectivity index (χ2v) is 11.0. The summed E-state index contributed by atoms with van der Waals surface area (Å²) >= 11 is 0. The second-order valence-electron chi connectivity index (χ2n) is 11.0. The Bertz CT molecular complexity index is 947. The van der Waals surface area contributed by atoms with E-state index in [-0.39, 0.29) is 5.69 Å². The molecule has 0 saturated carbocycles. The third kappa shape index (κ3) is 16.3. The number of nitro groups is 1. The van der Waals surface area contributed by atoms with Gasteiger partial charge in [0.15, 0.2) is 0 Å². The number of likely N-dealkylation sites (N-methyl/N-ethyl adjacent to an activating group) is 1. The number of azo groups is 1. The number of rotatable bonds is 25. The van der Waals surface area contributed by atoms with E-state index in [2.05, 4.69) is 29.0 Å². The number of anilines is 1. The van der Waals surface area contributed by atoms with Crippen molar-refractivity contribution in [2.75, 3.05) is 31.2 Å². The third-order valence-electron chi connectivity index (χ3n) is 7.59. The maximum Gasteiger partial charge on any atom is 0.269 e. The molecule has 0 bridgehead atoms. The molecule has 0 unspecified atom stereocenters. The van der Waals surface area contributed by atoms with E-state index in [4.69, 9.17) is 4.74 Å². The molecule has 0 aliphatic rings. The molecule has 228 valence electrons. The molecule has 0 heterocycles. The number of benzene rings is 2. The first-order chi connectivity index (χ1) is 20.1. The molecule has 0 aromatic heterocycles. The summed E-state index contributed by atoms with van der Waals surface area (Å²) in [6, 6.07) is 14.0. The van der Waals surface area contributed by atoms with Crippen LogP contribution in [0.1, 0.15) is 117 Å². The highest BCUT2D eigenvalue weighted by Crippen LogP contribution is 2.24. The molecule has 7 heteroatoms. The van der Waals surface area contributed by atoms with Gasteiger partial charge in [0.2, 0.25) is 0 Å². The summed E-state index contributed by atoms with van der Waals surface area (Å²) in [5.41, 5.74) is 2.49. The van der Waals surface area contributed by atoms with Crippen LogP contribution in [0.5, 0.6) is 0 Å². The van der Waals surface area contributed by atoms with E-state index in [1.165, 1.54) is 108 Å². The van der Waals surface area contributed by atoms with Gasteiger partial charge in [0.05, 0.1) is 22.9 Å². The van der Waals surface area contributed by atoms with Crippen LogP contribution in [0.3, 0.4) is 0 Å². The largest absolute Gasteiger partial charge is 0.380 e. The standard InChI is InChI=1S/C34H54N4O3/c1-3-5-6-7-8-9-10-11-12-13-14-15-16-17-18-19-29-41-30-28-37(4-2)33-24-20-31(21-25-33)35-36-32-22-26-34(27-23-32)38(39)40/h20-27H,3-19,28-30H2,1-2H3. The average Bonchev–Trinajstić information content (AvgIpc) is 2.99. The molecule has 0 saturated heterocycles. The van der Waals surface area contributed by atoms with Crippen LogP contribution in [0.2, 0.25) is 0 Å². The molecule has 0 radical (unpaired) electrons. The van der Waals surface area contributed by atoms with Gasteiger partial charge in [0.1, 0.15) is 0 Å². The zero-order valence-electron chi connectivity index (χ0n) is 25.8. The minimum absolute atomic E-state index is 0.0435. The van der Waals surface area contributed by atoms with E-state index in [0.29, 0.717) is 5.69 Å². The van der Waals surface area contributed by atoms with Crippen molar-refractivity contribution < 1.29 is 9.66 Å². The zero-order valence-corrected chi connectivity index (χ0v) is 25.8. The zero-order chi connectivity index (χ0) is 29.4. The second kappa shape index (κ2) is 22.8. The van der Waals surface area contributed by atoms with Gasteiger partial charge in [-0.25, -0.2) is 0 Å². The van der Waals surface area contributed by atoms with Crippen LogP contribution in [0.25, 0.3) is 0 Å².